The maximum atomic E-state index is 10.9. The predicted molar refractivity (Wildman–Crippen MR) is 114 cm³/mol. The number of aliphatic hydroxyl groups excluding tert-OH is 1. The van der Waals surface area contributed by atoms with Gasteiger partial charge in [0, 0.05) is 56.9 Å². The van der Waals surface area contributed by atoms with Gasteiger partial charge in [-0.3, -0.25) is 9.80 Å². The fraction of sp³-hybridized carbons (Fsp3) is 0.435. The summed E-state index contributed by atoms with van der Waals surface area (Å²) in [6.45, 7) is 6.31. The number of piperazine rings is 1. The van der Waals surface area contributed by atoms with Crippen molar-refractivity contribution in [3.8, 4) is 0 Å². The number of rotatable bonds is 4. The molecule has 2 atom stereocenters. The zero-order valence-electron chi connectivity index (χ0n) is 16.7. The minimum atomic E-state index is -0.325. The Kier molecular flexibility index (Phi) is 5.23. The van der Waals surface area contributed by atoms with E-state index in [9.17, 15) is 5.11 Å². The number of benzene rings is 1. The van der Waals surface area contributed by atoms with Crippen LogP contribution in [0.5, 0.6) is 0 Å². The molecule has 2 aliphatic rings. The number of piperidine rings is 1. The van der Waals surface area contributed by atoms with Crippen LogP contribution < -0.4 is 4.90 Å². The summed E-state index contributed by atoms with van der Waals surface area (Å²) in [6.07, 6.45) is 2.52. The van der Waals surface area contributed by atoms with Gasteiger partial charge in [0.2, 0.25) is 0 Å². The molecule has 0 unspecified atom stereocenters. The van der Waals surface area contributed by atoms with E-state index in [2.05, 4.69) is 37.9 Å². The monoisotopic (exact) mass is 392 g/mol. The minimum Gasteiger partial charge on any atom is -0.460 e. The van der Waals surface area contributed by atoms with Gasteiger partial charge in [0.25, 0.3) is 0 Å². The molecule has 5 rings (SSSR count). The SMILES string of the molecule is O[C@@H]1CN(Cc2cc3ccccc3o2)CC[C@H]1N1CCN(c2ccccn2)CC1. The van der Waals surface area contributed by atoms with Crippen LogP contribution in [0.2, 0.25) is 0 Å². The molecule has 2 aromatic heterocycles. The number of furan rings is 1. The Morgan fingerprint density at radius 3 is 2.59 bits per heavy atom. The van der Waals surface area contributed by atoms with Crippen molar-refractivity contribution in [1.29, 1.82) is 0 Å². The Bertz CT molecular complexity index is 903. The van der Waals surface area contributed by atoms with Crippen molar-refractivity contribution in [3.63, 3.8) is 0 Å². The minimum absolute atomic E-state index is 0.243. The van der Waals surface area contributed by atoms with Crippen LogP contribution in [0, 0.1) is 0 Å². The zero-order chi connectivity index (χ0) is 19.6. The van der Waals surface area contributed by atoms with E-state index in [1.165, 1.54) is 0 Å². The third-order valence-electron chi connectivity index (χ3n) is 6.24. The number of para-hydroxylation sites is 1. The summed E-state index contributed by atoms with van der Waals surface area (Å²) in [6, 6.07) is 16.5. The average molecular weight is 393 g/mol. The molecule has 0 aliphatic carbocycles. The van der Waals surface area contributed by atoms with Crippen LogP contribution in [0.3, 0.4) is 0 Å². The molecule has 2 fully saturated rings. The second-order valence-electron chi connectivity index (χ2n) is 8.12. The highest BCUT2D eigenvalue weighted by Gasteiger charge is 2.34. The largest absolute Gasteiger partial charge is 0.460 e. The van der Waals surface area contributed by atoms with Gasteiger partial charge in [-0.15, -0.1) is 0 Å². The van der Waals surface area contributed by atoms with Crippen molar-refractivity contribution in [2.45, 2.75) is 25.1 Å². The van der Waals surface area contributed by atoms with Gasteiger partial charge < -0.3 is 14.4 Å². The summed E-state index contributed by atoms with van der Waals surface area (Å²) in [5.41, 5.74) is 0.934. The van der Waals surface area contributed by atoms with Gasteiger partial charge in [0.1, 0.15) is 17.2 Å². The lowest BCUT2D eigenvalue weighted by molar-refractivity contribution is -0.0185. The van der Waals surface area contributed by atoms with Crippen LogP contribution in [0.1, 0.15) is 12.2 Å². The Morgan fingerprint density at radius 2 is 1.83 bits per heavy atom. The molecule has 6 heteroatoms. The van der Waals surface area contributed by atoms with E-state index in [4.69, 9.17) is 4.42 Å². The maximum absolute atomic E-state index is 10.9. The maximum Gasteiger partial charge on any atom is 0.134 e. The van der Waals surface area contributed by atoms with Crippen LogP contribution in [0.25, 0.3) is 11.0 Å². The quantitative estimate of drug-likeness (QED) is 0.737. The predicted octanol–water partition coefficient (Wildman–Crippen LogP) is 2.59. The number of aromatic nitrogens is 1. The normalized spacial score (nSPS) is 24.2. The summed E-state index contributed by atoms with van der Waals surface area (Å²) in [4.78, 5) is 11.6. The van der Waals surface area contributed by atoms with E-state index in [1.54, 1.807) is 0 Å². The number of nitrogens with zero attached hydrogens (tertiary/aromatic N) is 4. The lowest BCUT2D eigenvalue weighted by Crippen LogP contribution is -2.58. The summed E-state index contributed by atoms with van der Waals surface area (Å²) in [5, 5.41) is 12.0. The number of likely N-dealkylation sites (tertiary alicyclic amines) is 1. The number of hydrogen-bond acceptors (Lipinski definition) is 6. The molecule has 6 nitrogen and oxygen atoms in total. The average Bonchev–Trinajstić information content (AvgIpc) is 3.17. The molecule has 152 valence electrons. The van der Waals surface area contributed by atoms with Gasteiger partial charge in [-0.25, -0.2) is 4.98 Å². The number of aliphatic hydroxyl groups is 1. The number of hydrogen-bond donors (Lipinski definition) is 1. The molecule has 0 saturated carbocycles. The molecule has 1 N–H and O–H groups in total. The molecular formula is C23H28N4O2. The van der Waals surface area contributed by atoms with E-state index < -0.39 is 0 Å². The highest BCUT2D eigenvalue weighted by Crippen LogP contribution is 2.24. The molecule has 2 aliphatic heterocycles. The first kappa shape index (κ1) is 18.6. The molecule has 3 aromatic rings. The Morgan fingerprint density at radius 1 is 1.00 bits per heavy atom. The zero-order valence-corrected chi connectivity index (χ0v) is 16.7. The van der Waals surface area contributed by atoms with Crippen molar-refractivity contribution >= 4 is 16.8 Å². The summed E-state index contributed by atoms with van der Waals surface area (Å²) >= 11 is 0. The van der Waals surface area contributed by atoms with Crippen LogP contribution in [0.15, 0.2) is 59.1 Å². The molecule has 0 radical (unpaired) electrons. The molecule has 0 spiro atoms. The summed E-state index contributed by atoms with van der Waals surface area (Å²) in [5.74, 6) is 2.02. The number of pyridine rings is 1. The number of anilines is 1. The summed E-state index contributed by atoms with van der Waals surface area (Å²) < 4.78 is 5.96. The van der Waals surface area contributed by atoms with Crippen molar-refractivity contribution in [2.75, 3.05) is 44.2 Å². The first-order valence-corrected chi connectivity index (χ1v) is 10.5. The molecule has 4 heterocycles. The first-order valence-electron chi connectivity index (χ1n) is 10.5. The van der Waals surface area contributed by atoms with Gasteiger partial charge in [-0.05, 0) is 30.7 Å². The second kappa shape index (κ2) is 8.14. The van der Waals surface area contributed by atoms with E-state index in [0.717, 1.165) is 68.2 Å². The van der Waals surface area contributed by atoms with E-state index in [0.29, 0.717) is 6.54 Å². The van der Waals surface area contributed by atoms with Gasteiger partial charge in [-0.1, -0.05) is 24.3 Å². The molecule has 2 saturated heterocycles. The van der Waals surface area contributed by atoms with Crippen LogP contribution in [0.4, 0.5) is 5.82 Å². The summed E-state index contributed by atoms with van der Waals surface area (Å²) in [7, 11) is 0. The Balaban J connectivity index is 1.15. The fourth-order valence-corrected chi connectivity index (χ4v) is 4.71. The Labute approximate surface area is 171 Å². The number of β-amino-alcohol motifs (C(OH)–C–C–N with tert-alkyl or cyclic N) is 1. The lowest BCUT2D eigenvalue weighted by atomic mass is 9.99. The van der Waals surface area contributed by atoms with Crippen LogP contribution in [-0.2, 0) is 6.54 Å². The van der Waals surface area contributed by atoms with Crippen molar-refractivity contribution in [3.05, 3.63) is 60.5 Å². The number of fused-ring (bicyclic) bond motifs is 1. The lowest BCUT2D eigenvalue weighted by Gasteiger charge is -2.45. The van der Waals surface area contributed by atoms with E-state index in [-0.39, 0.29) is 12.1 Å². The van der Waals surface area contributed by atoms with Gasteiger partial charge in [-0.2, -0.15) is 0 Å². The standard InChI is InChI=1S/C23H28N4O2/c28-21-17-25(16-19-15-18-5-1-2-6-22(18)29-19)10-8-20(21)26-11-13-27(14-12-26)23-7-3-4-9-24-23/h1-7,9,15,20-21,28H,8,10-14,16-17H2/t20-,21-/m1/s1. The molecule has 0 bridgehead atoms. The molecular weight excluding hydrogens is 364 g/mol. The topological polar surface area (TPSA) is 56.0 Å². The van der Waals surface area contributed by atoms with E-state index >= 15 is 0 Å². The molecule has 0 amide bonds. The second-order valence-corrected chi connectivity index (χ2v) is 8.12. The van der Waals surface area contributed by atoms with Gasteiger partial charge in [0.05, 0.1) is 12.6 Å². The molecule has 29 heavy (non-hydrogen) atoms. The van der Waals surface area contributed by atoms with E-state index in [1.807, 2.05) is 36.5 Å². The van der Waals surface area contributed by atoms with Crippen LogP contribution in [-0.4, -0.2) is 71.3 Å². The van der Waals surface area contributed by atoms with Gasteiger partial charge >= 0.3 is 0 Å². The van der Waals surface area contributed by atoms with Crippen molar-refractivity contribution < 1.29 is 9.52 Å². The first-order chi connectivity index (χ1) is 14.3. The van der Waals surface area contributed by atoms with Crippen molar-refractivity contribution in [2.24, 2.45) is 0 Å². The van der Waals surface area contributed by atoms with Crippen molar-refractivity contribution in [1.82, 2.24) is 14.8 Å². The third kappa shape index (κ3) is 4.01. The Hall–Kier alpha value is -2.41. The van der Waals surface area contributed by atoms with Crippen LogP contribution >= 0.6 is 0 Å². The van der Waals surface area contributed by atoms with Gasteiger partial charge in [0.15, 0.2) is 0 Å². The third-order valence-corrected chi connectivity index (χ3v) is 6.24. The smallest absolute Gasteiger partial charge is 0.134 e. The fourth-order valence-electron chi connectivity index (χ4n) is 4.71. The molecule has 1 aromatic carbocycles. The highest BCUT2D eigenvalue weighted by molar-refractivity contribution is 5.77. The highest BCUT2D eigenvalue weighted by atomic mass is 16.3.